The Labute approximate surface area is 155 Å². The summed E-state index contributed by atoms with van der Waals surface area (Å²) >= 11 is 1.37. The molecular weight excluding hydrogens is 348 g/mol. The molecule has 1 saturated heterocycles. The van der Waals surface area contributed by atoms with Crippen molar-refractivity contribution < 1.29 is 0 Å². The molecule has 1 N–H and O–H groups in total. The first-order valence-corrected chi connectivity index (χ1v) is 9.75. The Hall–Kier alpha value is -2.38. The van der Waals surface area contributed by atoms with Crippen LogP contribution in [0.5, 0.6) is 0 Å². The molecule has 1 aliphatic rings. The van der Waals surface area contributed by atoms with Crippen molar-refractivity contribution in [1.29, 1.82) is 0 Å². The van der Waals surface area contributed by atoms with Crippen molar-refractivity contribution in [2.75, 3.05) is 37.6 Å². The first-order chi connectivity index (χ1) is 12.6. The van der Waals surface area contributed by atoms with E-state index in [1.807, 2.05) is 5.38 Å². The maximum Gasteiger partial charge on any atom is 0.328 e. The normalized spacial score (nSPS) is 15.7. The molecule has 3 heterocycles. The van der Waals surface area contributed by atoms with E-state index >= 15 is 0 Å². The van der Waals surface area contributed by atoms with Gasteiger partial charge >= 0.3 is 5.69 Å². The Morgan fingerprint density at radius 3 is 2.58 bits per heavy atom. The van der Waals surface area contributed by atoms with Crippen molar-refractivity contribution in [1.82, 2.24) is 14.5 Å². The molecule has 0 amide bonds. The highest BCUT2D eigenvalue weighted by Gasteiger charge is 2.18. The van der Waals surface area contributed by atoms with Crippen LogP contribution < -0.4 is 16.1 Å². The van der Waals surface area contributed by atoms with E-state index in [1.165, 1.54) is 27.2 Å². The second-order valence-corrected chi connectivity index (χ2v) is 7.58. The number of thiophene rings is 1. The minimum absolute atomic E-state index is 0.183. The number of piperazine rings is 1. The number of aromatic nitrogens is 2. The van der Waals surface area contributed by atoms with Gasteiger partial charge in [-0.2, -0.15) is 0 Å². The second-order valence-electron chi connectivity index (χ2n) is 6.67. The van der Waals surface area contributed by atoms with Gasteiger partial charge in [0.15, 0.2) is 0 Å². The van der Waals surface area contributed by atoms with Gasteiger partial charge in [0.2, 0.25) is 0 Å². The third-order valence-corrected chi connectivity index (χ3v) is 5.96. The molecule has 1 aliphatic heterocycles. The first-order valence-electron chi connectivity index (χ1n) is 8.87. The van der Waals surface area contributed by atoms with Crippen LogP contribution in [0.3, 0.4) is 0 Å². The lowest BCUT2D eigenvalue weighted by Gasteiger charge is -2.36. The number of hydrogen-bond donors (Lipinski definition) is 1. The minimum atomic E-state index is -0.320. The van der Waals surface area contributed by atoms with Gasteiger partial charge in [-0.25, -0.2) is 4.79 Å². The molecular formula is C19H22N4O2S. The van der Waals surface area contributed by atoms with E-state index in [4.69, 9.17) is 0 Å². The zero-order chi connectivity index (χ0) is 18.1. The van der Waals surface area contributed by atoms with Gasteiger partial charge < -0.3 is 9.88 Å². The zero-order valence-electron chi connectivity index (χ0n) is 14.8. The SMILES string of the molecule is Cc1ccccc1N1CCN(CCn2c(=O)[nH]c3ccsc3c2=O)CC1. The van der Waals surface area contributed by atoms with Gasteiger partial charge in [-0.15, -0.1) is 11.3 Å². The van der Waals surface area contributed by atoms with Gasteiger partial charge in [-0.1, -0.05) is 18.2 Å². The van der Waals surface area contributed by atoms with Gasteiger partial charge in [0, 0.05) is 45.0 Å². The van der Waals surface area contributed by atoms with Gasteiger partial charge in [0.05, 0.1) is 5.52 Å². The fourth-order valence-electron chi connectivity index (χ4n) is 3.55. The maximum atomic E-state index is 12.5. The predicted octanol–water partition coefficient (Wildman–Crippen LogP) is 1.88. The molecule has 2 aromatic heterocycles. The van der Waals surface area contributed by atoms with Crippen molar-refractivity contribution >= 4 is 27.2 Å². The summed E-state index contributed by atoms with van der Waals surface area (Å²) in [5, 5.41) is 1.83. The maximum absolute atomic E-state index is 12.5. The molecule has 0 aliphatic carbocycles. The van der Waals surface area contributed by atoms with Crippen LogP contribution in [0, 0.1) is 6.92 Å². The summed E-state index contributed by atoms with van der Waals surface area (Å²) in [6.45, 7) is 7.06. The summed E-state index contributed by atoms with van der Waals surface area (Å²) in [5.41, 5.74) is 2.72. The molecule has 26 heavy (non-hydrogen) atoms. The molecule has 1 aromatic carbocycles. The number of aromatic amines is 1. The number of aryl methyl sites for hydroxylation is 1. The number of benzene rings is 1. The second kappa shape index (κ2) is 7.09. The highest BCUT2D eigenvalue weighted by Crippen LogP contribution is 2.20. The summed E-state index contributed by atoms with van der Waals surface area (Å²) in [6, 6.07) is 10.2. The molecule has 0 unspecified atom stereocenters. The third-order valence-electron chi connectivity index (χ3n) is 5.06. The standard InChI is InChI=1S/C19H22N4O2S/c1-14-4-2-3-5-16(14)22-10-7-21(8-11-22)9-12-23-18(24)17-15(6-13-26-17)20-19(23)25/h2-6,13H,7-12H2,1H3,(H,20,25). The number of anilines is 1. The number of nitrogens with zero attached hydrogens (tertiary/aromatic N) is 3. The third kappa shape index (κ3) is 3.20. The fraction of sp³-hybridized carbons (Fsp3) is 0.368. The molecule has 0 saturated carbocycles. The highest BCUT2D eigenvalue weighted by molar-refractivity contribution is 7.17. The highest BCUT2D eigenvalue weighted by atomic mass is 32.1. The van der Waals surface area contributed by atoms with E-state index in [2.05, 4.69) is 46.0 Å². The van der Waals surface area contributed by atoms with Crippen molar-refractivity contribution in [3.8, 4) is 0 Å². The number of nitrogens with one attached hydrogen (secondary N) is 1. The molecule has 136 valence electrons. The van der Waals surface area contributed by atoms with E-state index < -0.39 is 0 Å². The Kier molecular flexibility index (Phi) is 4.65. The topological polar surface area (TPSA) is 61.3 Å². The molecule has 0 bridgehead atoms. The van der Waals surface area contributed by atoms with Crippen LogP contribution in [0.4, 0.5) is 5.69 Å². The van der Waals surface area contributed by atoms with Gasteiger partial charge in [0.1, 0.15) is 4.70 Å². The molecule has 0 atom stereocenters. The first kappa shape index (κ1) is 17.1. The monoisotopic (exact) mass is 370 g/mol. The summed E-state index contributed by atoms with van der Waals surface area (Å²) in [7, 11) is 0. The van der Waals surface area contributed by atoms with Crippen molar-refractivity contribution in [3.63, 3.8) is 0 Å². The summed E-state index contributed by atoms with van der Waals surface area (Å²) in [4.78, 5) is 32.2. The number of fused-ring (bicyclic) bond motifs is 1. The van der Waals surface area contributed by atoms with E-state index in [1.54, 1.807) is 6.07 Å². The molecule has 3 aromatic rings. The Bertz CT molecular complexity index is 1030. The van der Waals surface area contributed by atoms with E-state index in [9.17, 15) is 9.59 Å². The van der Waals surface area contributed by atoms with Gasteiger partial charge in [-0.05, 0) is 30.0 Å². The number of H-pyrrole nitrogens is 1. The predicted molar refractivity (Wildman–Crippen MR) is 107 cm³/mol. The number of hydrogen-bond acceptors (Lipinski definition) is 5. The zero-order valence-corrected chi connectivity index (χ0v) is 15.6. The van der Waals surface area contributed by atoms with Crippen LogP contribution in [0.2, 0.25) is 0 Å². The van der Waals surface area contributed by atoms with Gasteiger partial charge in [-0.3, -0.25) is 14.3 Å². The molecule has 4 rings (SSSR count). The lowest BCUT2D eigenvalue weighted by molar-refractivity contribution is 0.246. The Morgan fingerprint density at radius 1 is 1.04 bits per heavy atom. The molecule has 1 fully saturated rings. The number of para-hydroxylation sites is 1. The van der Waals surface area contributed by atoms with Crippen molar-refractivity contribution in [2.45, 2.75) is 13.5 Å². The largest absolute Gasteiger partial charge is 0.369 e. The van der Waals surface area contributed by atoms with Crippen LogP contribution in [0.15, 0.2) is 45.3 Å². The van der Waals surface area contributed by atoms with E-state index in [-0.39, 0.29) is 11.2 Å². The lowest BCUT2D eigenvalue weighted by atomic mass is 10.1. The van der Waals surface area contributed by atoms with Crippen LogP contribution in [0.25, 0.3) is 10.2 Å². The summed E-state index contributed by atoms with van der Waals surface area (Å²) in [6.07, 6.45) is 0. The fourth-order valence-corrected chi connectivity index (χ4v) is 4.34. The smallest absolute Gasteiger partial charge is 0.328 e. The molecule has 0 spiro atoms. The van der Waals surface area contributed by atoms with Gasteiger partial charge in [0.25, 0.3) is 5.56 Å². The quantitative estimate of drug-likeness (QED) is 0.762. The summed E-state index contributed by atoms with van der Waals surface area (Å²) < 4.78 is 1.95. The van der Waals surface area contributed by atoms with Crippen LogP contribution in [-0.2, 0) is 6.54 Å². The van der Waals surface area contributed by atoms with Crippen LogP contribution >= 0.6 is 11.3 Å². The van der Waals surface area contributed by atoms with E-state index in [0.29, 0.717) is 23.3 Å². The molecule has 7 heteroatoms. The van der Waals surface area contributed by atoms with E-state index in [0.717, 1.165) is 26.2 Å². The average molecular weight is 370 g/mol. The van der Waals surface area contributed by atoms with Crippen LogP contribution in [0.1, 0.15) is 5.56 Å². The number of rotatable bonds is 4. The van der Waals surface area contributed by atoms with Crippen molar-refractivity contribution in [3.05, 3.63) is 62.1 Å². The minimum Gasteiger partial charge on any atom is -0.369 e. The van der Waals surface area contributed by atoms with Crippen LogP contribution in [-0.4, -0.2) is 47.2 Å². The molecule has 6 nitrogen and oxygen atoms in total. The summed E-state index contributed by atoms with van der Waals surface area (Å²) in [5.74, 6) is 0. The average Bonchev–Trinajstić information content (AvgIpc) is 3.11. The Morgan fingerprint density at radius 2 is 1.81 bits per heavy atom. The lowest BCUT2D eigenvalue weighted by Crippen LogP contribution is -2.48. The molecule has 0 radical (unpaired) electrons. The van der Waals surface area contributed by atoms with Crippen molar-refractivity contribution in [2.24, 2.45) is 0 Å². The Balaban J connectivity index is 1.41.